The average molecular weight is 223 g/mol. The van der Waals surface area contributed by atoms with E-state index in [1.165, 1.54) is 12.8 Å². The summed E-state index contributed by atoms with van der Waals surface area (Å²) in [7, 11) is 0. The van der Waals surface area contributed by atoms with Crippen LogP contribution in [0.5, 0.6) is 0 Å². The fraction of sp³-hybridized carbons (Fsp3) is 0.857. The summed E-state index contributed by atoms with van der Waals surface area (Å²) in [5, 5.41) is 3.61. The summed E-state index contributed by atoms with van der Waals surface area (Å²) in [5.74, 6) is 6.79. The van der Waals surface area contributed by atoms with Crippen molar-refractivity contribution < 1.29 is 4.74 Å². The lowest BCUT2D eigenvalue weighted by Gasteiger charge is -2.26. The van der Waals surface area contributed by atoms with E-state index >= 15 is 0 Å². The lowest BCUT2D eigenvalue weighted by atomic mass is 9.94. The van der Waals surface area contributed by atoms with Gasteiger partial charge in [-0.05, 0) is 38.6 Å². The molecule has 0 aromatic heterocycles. The van der Waals surface area contributed by atoms with E-state index in [0.717, 1.165) is 26.0 Å². The molecule has 1 aliphatic rings. The van der Waals surface area contributed by atoms with Gasteiger partial charge in [-0.15, -0.1) is 11.8 Å². The van der Waals surface area contributed by atoms with Crippen molar-refractivity contribution in [2.24, 2.45) is 5.92 Å². The molecule has 1 fully saturated rings. The minimum Gasteiger partial charge on any atom is -0.376 e. The summed E-state index contributed by atoms with van der Waals surface area (Å²) in [6.07, 6.45) is 4.86. The summed E-state index contributed by atoms with van der Waals surface area (Å²) in [4.78, 5) is 0. The lowest BCUT2D eigenvalue weighted by molar-refractivity contribution is 0.0587. The quantitative estimate of drug-likeness (QED) is 0.699. The predicted octanol–water partition coefficient (Wildman–Crippen LogP) is 2.58. The van der Waals surface area contributed by atoms with Crippen LogP contribution in [0.3, 0.4) is 0 Å². The van der Waals surface area contributed by atoms with Crippen LogP contribution < -0.4 is 5.32 Å². The topological polar surface area (TPSA) is 21.3 Å². The molecule has 0 bridgehead atoms. The number of nitrogens with one attached hydrogen (secondary N) is 1. The third-order valence-electron chi connectivity index (χ3n) is 3.25. The van der Waals surface area contributed by atoms with Gasteiger partial charge in [0, 0.05) is 19.1 Å². The predicted molar refractivity (Wildman–Crippen MR) is 68.3 cm³/mol. The molecule has 0 aliphatic carbocycles. The Bertz CT molecular complexity index is 241. The van der Waals surface area contributed by atoms with Gasteiger partial charge in [0.2, 0.25) is 0 Å². The molecule has 2 nitrogen and oxygen atoms in total. The molecule has 1 rings (SSSR count). The van der Waals surface area contributed by atoms with Gasteiger partial charge < -0.3 is 10.1 Å². The Balaban J connectivity index is 2.43. The maximum Gasteiger partial charge on any atom is 0.0754 e. The highest BCUT2D eigenvalue weighted by molar-refractivity contribution is 4.97. The second-order valence-corrected chi connectivity index (χ2v) is 4.63. The van der Waals surface area contributed by atoms with E-state index in [1.807, 2.05) is 6.92 Å². The summed E-state index contributed by atoms with van der Waals surface area (Å²) < 4.78 is 5.84. The van der Waals surface area contributed by atoms with Crippen molar-refractivity contribution in [3.05, 3.63) is 0 Å². The van der Waals surface area contributed by atoms with Gasteiger partial charge >= 0.3 is 0 Å². The molecule has 1 aliphatic heterocycles. The third kappa shape index (κ3) is 4.15. The Morgan fingerprint density at radius 1 is 1.50 bits per heavy atom. The zero-order chi connectivity index (χ0) is 11.8. The molecule has 1 saturated heterocycles. The normalized spacial score (nSPS) is 26.2. The Kier molecular flexibility index (Phi) is 6.52. The molecule has 0 saturated carbocycles. The van der Waals surface area contributed by atoms with Crippen LogP contribution >= 0.6 is 0 Å². The fourth-order valence-electron chi connectivity index (χ4n) is 2.30. The standard InChI is InChI=1S/C14H25NO/c1-4-6-7-8-13(15-10-5-2)14-12(3)9-11-16-14/h12-15H,5,7-11H2,1-3H3. The second-order valence-electron chi connectivity index (χ2n) is 4.63. The van der Waals surface area contributed by atoms with Crippen molar-refractivity contribution in [2.45, 2.75) is 58.6 Å². The average Bonchev–Trinajstić information content (AvgIpc) is 2.70. The van der Waals surface area contributed by atoms with Gasteiger partial charge in [0.15, 0.2) is 0 Å². The van der Waals surface area contributed by atoms with Gasteiger partial charge in [-0.3, -0.25) is 0 Å². The fourth-order valence-corrected chi connectivity index (χ4v) is 2.30. The van der Waals surface area contributed by atoms with Crippen LogP contribution in [-0.4, -0.2) is 25.3 Å². The van der Waals surface area contributed by atoms with Gasteiger partial charge in [-0.25, -0.2) is 0 Å². The Morgan fingerprint density at radius 2 is 2.31 bits per heavy atom. The van der Waals surface area contributed by atoms with E-state index in [-0.39, 0.29) is 0 Å². The van der Waals surface area contributed by atoms with Gasteiger partial charge in [-0.2, -0.15) is 0 Å². The van der Waals surface area contributed by atoms with E-state index in [9.17, 15) is 0 Å². The van der Waals surface area contributed by atoms with Crippen molar-refractivity contribution in [1.29, 1.82) is 0 Å². The van der Waals surface area contributed by atoms with Crippen LogP contribution in [0.2, 0.25) is 0 Å². The first-order valence-corrected chi connectivity index (χ1v) is 6.54. The van der Waals surface area contributed by atoms with Gasteiger partial charge in [-0.1, -0.05) is 13.8 Å². The summed E-state index contributed by atoms with van der Waals surface area (Å²) in [6, 6.07) is 0.485. The van der Waals surface area contributed by atoms with Crippen molar-refractivity contribution in [2.75, 3.05) is 13.2 Å². The van der Waals surface area contributed by atoms with E-state index in [1.54, 1.807) is 0 Å². The highest BCUT2D eigenvalue weighted by atomic mass is 16.5. The zero-order valence-corrected chi connectivity index (χ0v) is 10.9. The second kappa shape index (κ2) is 7.70. The molecular formula is C14H25NO. The highest BCUT2D eigenvalue weighted by Crippen LogP contribution is 2.24. The molecule has 0 aromatic rings. The molecule has 1 heterocycles. The van der Waals surface area contributed by atoms with Crippen LogP contribution in [-0.2, 0) is 4.74 Å². The SMILES string of the molecule is CC#CCCC(NCCC)C1OCCC1C. The first-order valence-electron chi connectivity index (χ1n) is 6.54. The molecule has 2 heteroatoms. The Hall–Kier alpha value is -0.520. The van der Waals surface area contributed by atoms with Gasteiger partial charge in [0.25, 0.3) is 0 Å². The molecule has 0 aromatic carbocycles. The van der Waals surface area contributed by atoms with Crippen LogP contribution in [0.1, 0.15) is 46.5 Å². The molecule has 92 valence electrons. The molecule has 3 unspecified atom stereocenters. The van der Waals surface area contributed by atoms with Crippen LogP contribution in [0.4, 0.5) is 0 Å². The van der Waals surface area contributed by atoms with E-state index < -0.39 is 0 Å². The molecule has 0 radical (unpaired) electrons. The monoisotopic (exact) mass is 223 g/mol. The van der Waals surface area contributed by atoms with Crippen LogP contribution in [0, 0.1) is 17.8 Å². The minimum atomic E-state index is 0.394. The molecule has 0 spiro atoms. The number of rotatable bonds is 6. The zero-order valence-electron chi connectivity index (χ0n) is 10.9. The highest BCUT2D eigenvalue weighted by Gasteiger charge is 2.31. The summed E-state index contributed by atoms with van der Waals surface area (Å²) in [5.41, 5.74) is 0. The van der Waals surface area contributed by atoms with Crippen molar-refractivity contribution in [3.63, 3.8) is 0 Å². The van der Waals surface area contributed by atoms with Crippen LogP contribution in [0.25, 0.3) is 0 Å². The van der Waals surface area contributed by atoms with Gasteiger partial charge in [0.05, 0.1) is 6.10 Å². The van der Waals surface area contributed by atoms with E-state index in [0.29, 0.717) is 18.1 Å². The number of hydrogen-bond acceptors (Lipinski definition) is 2. The minimum absolute atomic E-state index is 0.394. The van der Waals surface area contributed by atoms with Crippen molar-refractivity contribution in [1.82, 2.24) is 5.32 Å². The molecule has 0 amide bonds. The maximum atomic E-state index is 5.84. The van der Waals surface area contributed by atoms with E-state index in [4.69, 9.17) is 4.74 Å². The maximum absolute atomic E-state index is 5.84. The molecular weight excluding hydrogens is 198 g/mol. The smallest absolute Gasteiger partial charge is 0.0754 e. The first kappa shape index (κ1) is 13.5. The lowest BCUT2D eigenvalue weighted by Crippen LogP contribution is -2.42. The molecule has 3 atom stereocenters. The largest absolute Gasteiger partial charge is 0.376 e. The third-order valence-corrected chi connectivity index (χ3v) is 3.25. The van der Waals surface area contributed by atoms with E-state index in [2.05, 4.69) is 31.0 Å². The van der Waals surface area contributed by atoms with Crippen LogP contribution in [0.15, 0.2) is 0 Å². The van der Waals surface area contributed by atoms with Gasteiger partial charge in [0.1, 0.15) is 0 Å². The van der Waals surface area contributed by atoms with Crippen molar-refractivity contribution in [3.8, 4) is 11.8 Å². The molecule has 1 N–H and O–H groups in total. The molecule has 16 heavy (non-hydrogen) atoms. The van der Waals surface area contributed by atoms with Crippen molar-refractivity contribution >= 4 is 0 Å². The Morgan fingerprint density at radius 3 is 2.88 bits per heavy atom. The number of ether oxygens (including phenoxy) is 1. The Labute approximate surface area is 100 Å². The number of hydrogen-bond donors (Lipinski definition) is 1. The first-order chi connectivity index (χ1) is 7.79. The summed E-state index contributed by atoms with van der Waals surface area (Å²) >= 11 is 0. The summed E-state index contributed by atoms with van der Waals surface area (Å²) in [6.45, 7) is 8.41.